The SMILES string of the molecule is COc1ccc(-c2ccc(S(=O)(=O)C(CC#CCc3ccccc3)C(N)O)cc2)cc1. The molecule has 0 saturated carbocycles. The summed E-state index contributed by atoms with van der Waals surface area (Å²) in [7, 11) is -2.25. The van der Waals surface area contributed by atoms with Crippen molar-refractivity contribution >= 4 is 9.84 Å². The summed E-state index contributed by atoms with van der Waals surface area (Å²) in [6.07, 6.45) is -1.07. The molecule has 0 spiro atoms. The molecule has 5 nitrogen and oxygen atoms in total. The Hall–Kier alpha value is -3.11. The number of aliphatic hydroxyl groups excluding tert-OH is 1. The molecule has 3 aromatic carbocycles. The highest BCUT2D eigenvalue weighted by atomic mass is 32.2. The van der Waals surface area contributed by atoms with Crippen molar-refractivity contribution in [2.24, 2.45) is 5.73 Å². The molecule has 2 atom stereocenters. The molecule has 3 rings (SSSR count). The van der Waals surface area contributed by atoms with Gasteiger partial charge in [0.1, 0.15) is 17.2 Å². The van der Waals surface area contributed by atoms with Gasteiger partial charge in [-0.05, 0) is 41.0 Å². The van der Waals surface area contributed by atoms with Crippen LogP contribution in [0.1, 0.15) is 12.0 Å². The van der Waals surface area contributed by atoms with Crippen molar-refractivity contribution in [1.82, 2.24) is 0 Å². The molecule has 0 aliphatic carbocycles. The second-order valence-electron chi connectivity index (χ2n) is 7.05. The quantitative estimate of drug-likeness (QED) is 0.438. The van der Waals surface area contributed by atoms with Crippen molar-refractivity contribution in [1.29, 1.82) is 0 Å². The minimum absolute atomic E-state index is 0.0485. The molecule has 2 unspecified atom stereocenters. The van der Waals surface area contributed by atoms with Crippen molar-refractivity contribution in [2.75, 3.05) is 7.11 Å². The lowest BCUT2D eigenvalue weighted by Gasteiger charge is -2.18. The first-order valence-corrected chi connectivity index (χ1v) is 11.4. The molecule has 160 valence electrons. The monoisotopic (exact) mass is 435 g/mol. The van der Waals surface area contributed by atoms with Gasteiger partial charge in [-0.1, -0.05) is 60.5 Å². The van der Waals surface area contributed by atoms with E-state index in [1.54, 1.807) is 19.2 Å². The van der Waals surface area contributed by atoms with Crippen molar-refractivity contribution in [3.05, 3.63) is 84.4 Å². The Morgan fingerprint density at radius 3 is 2.03 bits per heavy atom. The minimum Gasteiger partial charge on any atom is -0.497 e. The third-order valence-corrected chi connectivity index (χ3v) is 7.12. The molecule has 3 aromatic rings. The van der Waals surface area contributed by atoms with Gasteiger partial charge in [0.05, 0.1) is 12.0 Å². The van der Waals surface area contributed by atoms with Gasteiger partial charge in [0.15, 0.2) is 9.84 Å². The van der Waals surface area contributed by atoms with Crippen LogP contribution < -0.4 is 10.5 Å². The number of sulfone groups is 1. The summed E-state index contributed by atoms with van der Waals surface area (Å²) in [6.45, 7) is 0. The van der Waals surface area contributed by atoms with Crippen LogP contribution in [0.25, 0.3) is 11.1 Å². The van der Waals surface area contributed by atoms with Gasteiger partial charge in [-0.3, -0.25) is 0 Å². The van der Waals surface area contributed by atoms with E-state index in [1.807, 2.05) is 54.6 Å². The van der Waals surface area contributed by atoms with Crippen LogP contribution in [0.15, 0.2) is 83.8 Å². The number of methoxy groups -OCH3 is 1. The molecule has 0 bridgehead atoms. The number of rotatable bonds is 7. The Morgan fingerprint density at radius 2 is 1.48 bits per heavy atom. The summed E-state index contributed by atoms with van der Waals surface area (Å²) in [4.78, 5) is 0.101. The zero-order chi connectivity index (χ0) is 22.3. The molecule has 0 aromatic heterocycles. The lowest BCUT2D eigenvalue weighted by molar-refractivity contribution is 0.176. The van der Waals surface area contributed by atoms with Crippen molar-refractivity contribution in [3.8, 4) is 28.7 Å². The highest BCUT2D eigenvalue weighted by molar-refractivity contribution is 7.92. The summed E-state index contributed by atoms with van der Waals surface area (Å²) in [6, 6.07) is 23.7. The third-order valence-electron chi connectivity index (χ3n) is 4.95. The van der Waals surface area contributed by atoms with E-state index in [1.165, 1.54) is 12.1 Å². The van der Waals surface area contributed by atoms with Gasteiger partial charge < -0.3 is 15.6 Å². The predicted molar refractivity (Wildman–Crippen MR) is 122 cm³/mol. The summed E-state index contributed by atoms with van der Waals surface area (Å²) in [5.74, 6) is 6.56. The van der Waals surface area contributed by atoms with E-state index in [9.17, 15) is 13.5 Å². The number of benzene rings is 3. The maximum absolute atomic E-state index is 13.0. The standard InChI is InChI=1S/C25H25NO4S/c1-30-22-15-11-20(12-16-22)21-13-17-23(18-14-21)31(28,29)24(25(26)27)10-6-5-9-19-7-3-2-4-8-19/h2-4,7-8,11-18,24-25,27H,9-10,26H2,1H3. The Bertz CT molecular complexity index is 1140. The van der Waals surface area contributed by atoms with E-state index in [2.05, 4.69) is 11.8 Å². The fraction of sp³-hybridized carbons (Fsp3) is 0.200. The zero-order valence-corrected chi connectivity index (χ0v) is 18.0. The highest BCUT2D eigenvalue weighted by Crippen LogP contribution is 2.26. The third kappa shape index (κ3) is 5.74. The Labute approximate surface area is 183 Å². The van der Waals surface area contributed by atoms with Crippen molar-refractivity contribution < 1.29 is 18.3 Å². The Morgan fingerprint density at radius 1 is 0.903 bits per heavy atom. The average molecular weight is 436 g/mol. The van der Waals surface area contributed by atoms with E-state index < -0.39 is 21.3 Å². The highest BCUT2D eigenvalue weighted by Gasteiger charge is 2.31. The summed E-state index contributed by atoms with van der Waals surface area (Å²) >= 11 is 0. The van der Waals surface area contributed by atoms with Crippen LogP contribution in [0.3, 0.4) is 0 Å². The van der Waals surface area contributed by atoms with E-state index in [4.69, 9.17) is 10.5 Å². The van der Waals surface area contributed by atoms with Crippen molar-refractivity contribution in [3.63, 3.8) is 0 Å². The minimum atomic E-state index is -3.85. The number of nitrogens with two attached hydrogens (primary N) is 1. The first-order chi connectivity index (χ1) is 14.9. The molecule has 0 radical (unpaired) electrons. The van der Waals surface area contributed by atoms with E-state index in [-0.39, 0.29) is 11.3 Å². The smallest absolute Gasteiger partial charge is 0.186 e. The lowest BCUT2D eigenvalue weighted by atomic mass is 10.1. The van der Waals surface area contributed by atoms with Crippen LogP contribution in [-0.2, 0) is 16.3 Å². The summed E-state index contributed by atoms with van der Waals surface area (Å²) < 4.78 is 31.2. The molecule has 31 heavy (non-hydrogen) atoms. The lowest BCUT2D eigenvalue weighted by Crippen LogP contribution is -2.40. The summed E-state index contributed by atoms with van der Waals surface area (Å²) in [5.41, 5.74) is 8.44. The fourth-order valence-electron chi connectivity index (χ4n) is 3.14. The number of ether oxygens (including phenoxy) is 1. The van der Waals surface area contributed by atoms with Gasteiger partial charge >= 0.3 is 0 Å². The molecular weight excluding hydrogens is 410 g/mol. The molecule has 0 fully saturated rings. The van der Waals surface area contributed by atoms with E-state index in [0.29, 0.717) is 6.42 Å². The van der Waals surface area contributed by atoms with Gasteiger partial charge in [0, 0.05) is 12.8 Å². The maximum atomic E-state index is 13.0. The van der Waals surface area contributed by atoms with Gasteiger partial charge in [-0.2, -0.15) is 0 Å². The normalized spacial score (nSPS) is 13.0. The molecule has 6 heteroatoms. The van der Waals surface area contributed by atoms with Gasteiger partial charge in [-0.25, -0.2) is 8.42 Å². The predicted octanol–water partition coefficient (Wildman–Crippen LogP) is 3.42. The Balaban J connectivity index is 1.75. The van der Waals surface area contributed by atoms with Crippen LogP contribution in [0.2, 0.25) is 0 Å². The Kier molecular flexibility index (Phi) is 7.48. The van der Waals surface area contributed by atoms with Crippen molar-refractivity contribution in [2.45, 2.75) is 29.2 Å². The molecule has 0 heterocycles. The molecular formula is C25H25NO4S. The largest absolute Gasteiger partial charge is 0.497 e. The second kappa shape index (κ2) is 10.3. The molecule has 0 saturated heterocycles. The van der Waals surface area contributed by atoms with Gasteiger partial charge in [0.2, 0.25) is 0 Å². The summed E-state index contributed by atoms with van der Waals surface area (Å²) in [5, 5.41) is 8.72. The molecule has 0 aliphatic heterocycles. The first kappa shape index (κ1) is 22.6. The van der Waals surface area contributed by atoms with Crippen LogP contribution >= 0.6 is 0 Å². The topological polar surface area (TPSA) is 89.6 Å². The van der Waals surface area contributed by atoms with E-state index >= 15 is 0 Å². The molecule has 3 N–H and O–H groups in total. The maximum Gasteiger partial charge on any atom is 0.186 e. The number of hydrogen-bond acceptors (Lipinski definition) is 5. The number of aliphatic hydroxyl groups is 1. The van der Waals surface area contributed by atoms with Crippen LogP contribution in [0, 0.1) is 11.8 Å². The van der Waals surface area contributed by atoms with Crippen LogP contribution in [-0.4, -0.2) is 32.1 Å². The van der Waals surface area contributed by atoms with Gasteiger partial charge in [-0.15, -0.1) is 5.92 Å². The molecule has 0 amide bonds. The van der Waals surface area contributed by atoms with Crippen LogP contribution in [0.5, 0.6) is 5.75 Å². The second-order valence-corrected chi connectivity index (χ2v) is 9.21. The first-order valence-electron chi connectivity index (χ1n) is 9.83. The van der Waals surface area contributed by atoms with Gasteiger partial charge in [0.25, 0.3) is 0 Å². The number of hydrogen-bond donors (Lipinski definition) is 2. The van der Waals surface area contributed by atoms with E-state index in [0.717, 1.165) is 22.4 Å². The van der Waals surface area contributed by atoms with Crippen LogP contribution in [0.4, 0.5) is 0 Å². The molecule has 0 aliphatic rings. The average Bonchev–Trinajstić information content (AvgIpc) is 2.79. The zero-order valence-electron chi connectivity index (χ0n) is 17.2. The fourth-order valence-corrected chi connectivity index (χ4v) is 4.68.